The molecule has 1 unspecified atom stereocenters. The van der Waals surface area contributed by atoms with Crippen LogP contribution in [0.15, 0.2) is 12.5 Å². The second-order valence-corrected chi connectivity index (χ2v) is 6.89. The molecule has 1 aromatic rings. The fraction of sp³-hybridized carbons (Fsp3) is 0.688. The molecule has 0 saturated carbocycles. The van der Waals surface area contributed by atoms with Gasteiger partial charge >= 0.3 is 5.97 Å². The maximum Gasteiger partial charge on any atom is 0.323 e. The van der Waals surface area contributed by atoms with Crippen molar-refractivity contribution < 1.29 is 14.7 Å². The van der Waals surface area contributed by atoms with Gasteiger partial charge in [-0.15, -0.1) is 0 Å². The zero-order valence-electron chi connectivity index (χ0n) is 14.1. The van der Waals surface area contributed by atoms with Crippen LogP contribution in [0.5, 0.6) is 0 Å². The molecule has 3 rings (SSSR count). The Bertz CT molecular complexity index is 591. The predicted octanol–water partition coefficient (Wildman–Crippen LogP) is -0.00700. The SMILES string of the molecule is CN1CCN(Cc2cnc[nH]2)CC12CCC(=O)N(CC(=O)O)CC2. The van der Waals surface area contributed by atoms with Gasteiger partial charge in [0.1, 0.15) is 6.54 Å². The summed E-state index contributed by atoms with van der Waals surface area (Å²) in [6.07, 6.45) is 5.53. The van der Waals surface area contributed by atoms with Crippen LogP contribution >= 0.6 is 0 Å². The lowest BCUT2D eigenvalue weighted by atomic mass is 9.86. The van der Waals surface area contributed by atoms with E-state index in [1.807, 2.05) is 6.20 Å². The van der Waals surface area contributed by atoms with Gasteiger partial charge in [-0.2, -0.15) is 0 Å². The minimum absolute atomic E-state index is 0.0478. The summed E-state index contributed by atoms with van der Waals surface area (Å²) in [5, 5.41) is 8.99. The molecular formula is C16H25N5O3. The number of nitrogens with one attached hydrogen (secondary N) is 1. The van der Waals surface area contributed by atoms with Gasteiger partial charge < -0.3 is 15.0 Å². The number of aromatic nitrogens is 2. The predicted molar refractivity (Wildman–Crippen MR) is 87.3 cm³/mol. The van der Waals surface area contributed by atoms with E-state index in [0.29, 0.717) is 13.0 Å². The quantitative estimate of drug-likeness (QED) is 0.804. The Morgan fingerprint density at radius 1 is 1.38 bits per heavy atom. The molecule has 0 aromatic carbocycles. The largest absolute Gasteiger partial charge is 0.480 e. The molecule has 3 heterocycles. The summed E-state index contributed by atoms with van der Waals surface area (Å²) in [5.74, 6) is -0.995. The fourth-order valence-electron chi connectivity index (χ4n) is 3.85. The van der Waals surface area contributed by atoms with Crippen LogP contribution in [0.4, 0.5) is 0 Å². The molecule has 1 spiro atoms. The van der Waals surface area contributed by atoms with E-state index in [4.69, 9.17) is 5.11 Å². The first-order valence-corrected chi connectivity index (χ1v) is 8.39. The Morgan fingerprint density at radius 2 is 2.21 bits per heavy atom. The average molecular weight is 335 g/mol. The number of likely N-dealkylation sites (tertiary alicyclic amines) is 1. The summed E-state index contributed by atoms with van der Waals surface area (Å²) in [6, 6.07) is 0. The Balaban J connectivity index is 1.69. The Morgan fingerprint density at radius 3 is 2.92 bits per heavy atom. The van der Waals surface area contributed by atoms with E-state index >= 15 is 0 Å². The van der Waals surface area contributed by atoms with E-state index in [9.17, 15) is 9.59 Å². The van der Waals surface area contributed by atoms with Crippen LogP contribution in [0.1, 0.15) is 25.0 Å². The van der Waals surface area contributed by atoms with E-state index < -0.39 is 5.97 Å². The summed E-state index contributed by atoms with van der Waals surface area (Å²) < 4.78 is 0. The van der Waals surface area contributed by atoms with Crippen LogP contribution in [0.3, 0.4) is 0 Å². The molecule has 0 aliphatic carbocycles. The minimum Gasteiger partial charge on any atom is -0.480 e. The van der Waals surface area contributed by atoms with E-state index in [2.05, 4.69) is 26.8 Å². The van der Waals surface area contributed by atoms with Crippen LogP contribution in [0.2, 0.25) is 0 Å². The zero-order valence-corrected chi connectivity index (χ0v) is 14.1. The van der Waals surface area contributed by atoms with Gasteiger partial charge in [-0.3, -0.25) is 19.4 Å². The van der Waals surface area contributed by atoms with Gasteiger partial charge in [0.15, 0.2) is 0 Å². The van der Waals surface area contributed by atoms with Crippen molar-refractivity contribution in [2.75, 3.05) is 39.8 Å². The molecule has 24 heavy (non-hydrogen) atoms. The Hall–Kier alpha value is -1.93. The summed E-state index contributed by atoms with van der Waals surface area (Å²) in [5.41, 5.74) is 1.02. The molecule has 2 N–H and O–H groups in total. The zero-order chi connectivity index (χ0) is 17.2. The monoisotopic (exact) mass is 335 g/mol. The van der Waals surface area contributed by atoms with E-state index in [0.717, 1.165) is 44.7 Å². The molecule has 1 aromatic heterocycles. The van der Waals surface area contributed by atoms with Crippen LogP contribution < -0.4 is 0 Å². The molecule has 0 radical (unpaired) electrons. The van der Waals surface area contributed by atoms with Crippen molar-refractivity contribution in [3.63, 3.8) is 0 Å². The van der Waals surface area contributed by atoms with Crippen LogP contribution in [0, 0.1) is 0 Å². The average Bonchev–Trinajstić information content (AvgIpc) is 3.00. The minimum atomic E-state index is -0.947. The highest BCUT2D eigenvalue weighted by Gasteiger charge is 2.42. The van der Waals surface area contributed by atoms with E-state index in [1.165, 1.54) is 4.90 Å². The first-order valence-electron chi connectivity index (χ1n) is 8.39. The summed E-state index contributed by atoms with van der Waals surface area (Å²) in [4.78, 5) is 36.6. The van der Waals surface area contributed by atoms with Crippen LogP contribution in [-0.2, 0) is 16.1 Å². The van der Waals surface area contributed by atoms with Gasteiger partial charge in [0, 0.05) is 56.6 Å². The highest BCUT2D eigenvalue weighted by atomic mass is 16.4. The van der Waals surface area contributed by atoms with Crippen molar-refractivity contribution in [1.82, 2.24) is 24.7 Å². The Labute approximate surface area is 141 Å². The first kappa shape index (κ1) is 16.9. The molecule has 8 heteroatoms. The number of aromatic amines is 1. The lowest BCUT2D eigenvalue weighted by Crippen LogP contribution is -2.60. The van der Waals surface area contributed by atoms with Crippen molar-refractivity contribution in [2.24, 2.45) is 0 Å². The molecular weight excluding hydrogens is 310 g/mol. The second-order valence-electron chi connectivity index (χ2n) is 6.89. The number of carboxylic acid groups (broad SMARTS) is 1. The third kappa shape index (κ3) is 3.59. The Kier molecular flexibility index (Phi) is 4.86. The van der Waals surface area contributed by atoms with Crippen molar-refractivity contribution >= 4 is 11.9 Å². The first-order chi connectivity index (χ1) is 11.5. The van der Waals surface area contributed by atoms with Gasteiger partial charge in [-0.25, -0.2) is 4.98 Å². The standard InChI is InChI=1S/C16H25N5O3/c1-19-6-7-20(9-13-8-17-12-18-13)11-16(19)3-2-14(22)21(5-4-16)10-15(23)24/h8,12H,2-7,9-11H2,1H3,(H,17,18)(H,23,24). The number of hydrogen-bond donors (Lipinski definition) is 2. The lowest BCUT2D eigenvalue weighted by molar-refractivity contribution is -0.144. The third-order valence-electron chi connectivity index (χ3n) is 5.36. The van der Waals surface area contributed by atoms with Gasteiger partial charge in [0.25, 0.3) is 0 Å². The number of rotatable bonds is 4. The van der Waals surface area contributed by atoms with Crippen LogP contribution in [0.25, 0.3) is 0 Å². The summed E-state index contributed by atoms with van der Waals surface area (Å²) >= 11 is 0. The summed E-state index contributed by atoms with van der Waals surface area (Å²) in [6.45, 7) is 3.94. The number of H-pyrrole nitrogens is 1. The van der Waals surface area contributed by atoms with E-state index in [-0.39, 0.29) is 18.0 Å². The number of carbonyl (C=O) groups is 2. The van der Waals surface area contributed by atoms with Crippen molar-refractivity contribution in [2.45, 2.75) is 31.3 Å². The molecule has 2 saturated heterocycles. The van der Waals surface area contributed by atoms with Gasteiger partial charge in [-0.05, 0) is 19.9 Å². The van der Waals surface area contributed by atoms with Gasteiger partial charge in [-0.1, -0.05) is 0 Å². The molecule has 1 atom stereocenters. The molecule has 2 aliphatic heterocycles. The van der Waals surface area contributed by atoms with Crippen molar-refractivity contribution in [3.05, 3.63) is 18.2 Å². The lowest BCUT2D eigenvalue weighted by Gasteiger charge is -2.49. The molecule has 132 valence electrons. The number of carboxylic acids is 1. The molecule has 8 nitrogen and oxygen atoms in total. The number of amides is 1. The smallest absolute Gasteiger partial charge is 0.323 e. The van der Waals surface area contributed by atoms with E-state index in [1.54, 1.807) is 6.33 Å². The summed E-state index contributed by atoms with van der Waals surface area (Å²) in [7, 11) is 2.12. The number of hydrogen-bond acceptors (Lipinski definition) is 5. The van der Waals surface area contributed by atoms with Crippen molar-refractivity contribution in [1.29, 1.82) is 0 Å². The maximum absolute atomic E-state index is 12.2. The fourth-order valence-corrected chi connectivity index (χ4v) is 3.85. The third-order valence-corrected chi connectivity index (χ3v) is 5.36. The highest BCUT2D eigenvalue weighted by molar-refractivity contribution is 5.81. The number of piperazine rings is 1. The molecule has 1 amide bonds. The molecule has 2 fully saturated rings. The maximum atomic E-state index is 12.2. The van der Waals surface area contributed by atoms with Crippen LogP contribution in [-0.4, -0.2) is 87.0 Å². The number of carbonyl (C=O) groups excluding carboxylic acids is 1. The molecule has 0 bridgehead atoms. The molecule has 2 aliphatic rings. The van der Waals surface area contributed by atoms with Gasteiger partial charge in [0.2, 0.25) is 5.91 Å². The number of nitrogens with zero attached hydrogens (tertiary/aromatic N) is 4. The normalized spacial score (nSPS) is 26.7. The van der Waals surface area contributed by atoms with Gasteiger partial charge in [0.05, 0.1) is 6.33 Å². The number of imidazole rings is 1. The van der Waals surface area contributed by atoms with Crippen molar-refractivity contribution in [3.8, 4) is 0 Å². The highest BCUT2D eigenvalue weighted by Crippen LogP contribution is 2.32. The number of likely N-dealkylation sites (N-methyl/N-ethyl adjacent to an activating group) is 1. The number of aliphatic carboxylic acids is 1. The second kappa shape index (κ2) is 6.90. The topological polar surface area (TPSA) is 92.8 Å².